The van der Waals surface area contributed by atoms with Gasteiger partial charge in [-0.3, -0.25) is 4.90 Å². The third-order valence-corrected chi connectivity index (χ3v) is 3.87. The van der Waals surface area contributed by atoms with Gasteiger partial charge in [0.25, 0.3) is 5.88 Å². The summed E-state index contributed by atoms with van der Waals surface area (Å²) in [5.41, 5.74) is 7.73. The van der Waals surface area contributed by atoms with E-state index < -0.39 is 11.7 Å². The number of para-hydroxylation sites is 2. The van der Waals surface area contributed by atoms with Gasteiger partial charge in [0.05, 0.1) is 30.0 Å². The first kappa shape index (κ1) is 18.7. The fraction of sp³-hybridized carbons (Fsp3) is 0.389. The standard InChI is InChI=1S/C18H24N6O3/c1-11-21-14-10-23(17(25)26-18(2,3)4)9-12(14)16(22-11)27-24(20)15-8-6-5-7-13(15)19/h5-8H,9-10,19-20H2,1-4H3. The highest BCUT2D eigenvalue weighted by molar-refractivity contribution is 5.69. The lowest BCUT2D eigenvalue weighted by Gasteiger charge is -2.24. The zero-order chi connectivity index (χ0) is 19.8. The van der Waals surface area contributed by atoms with E-state index in [2.05, 4.69) is 9.97 Å². The molecule has 0 radical (unpaired) electrons. The van der Waals surface area contributed by atoms with Crippen molar-refractivity contribution in [2.45, 2.75) is 46.4 Å². The summed E-state index contributed by atoms with van der Waals surface area (Å²) >= 11 is 0. The topological polar surface area (TPSA) is 120 Å². The molecule has 4 N–H and O–H groups in total. The Morgan fingerprint density at radius 3 is 2.59 bits per heavy atom. The maximum Gasteiger partial charge on any atom is 0.410 e. The summed E-state index contributed by atoms with van der Waals surface area (Å²) in [7, 11) is 0. The number of ether oxygens (including phenoxy) is 1. The van der Waals surface area contributed by atoms with E-state index in [0.29, 0.717) is 35.0 Å². The number of aromatic nitrogens is 2. The molecule has 0 fully saturated rings. The fourth-order valence-corrected chi connectivity index (χ4v) is 2.70. The maximum absolute atomic E-state index is 12.4. The molecular weight excluding hydrogens is 348 g/mol. The molecule has 0 atom stereocenters. The highest BCUT2D eigenvalue weighted by atomic mass is 16.7. The molecule has 1 amide bonds. The lowest BCUT2D eigenvalue weighted by Crippen LogP contribution is -2.36. The number of hydrazine groups is 1. The second-order valence-electron chi connectivity index (χ2n) is 7.31. The molecule has 1 aromatic heterocycles. The zero-order valence-corrected chi connectivity index (χ0v) is 15.9. The van der Waals surface area contributed by atoms with Gasteiger partial charge in [-0.25, -0.2) is 15.6 Å². The van der Waals surface area contributed by atoms with Crippen molar-refractivity contribution < 1.29 is 14.4 Å². The zero-order valence-electron chi connectivity index (χ0n) is 15.9. The summed E-state index contributed by atoms with van der Waals surface area (Å²) < 4.78 is 5.44. The van der Waals surface area contributed by atoms with Crippen LogP contribution in [-0.4, -0.2) is 26.6 Å². The van der Waals surface area contributed by atoms with E-state index >= 15 is 0 Å². The van der Waals surface area contributed by atoms with Crippen molar-refractivity contribution in [3.63, 3.8) is 0 Å². The number of rotatable bonds is 3. The second-order valence-corrected chi connectivity index (χ2v) is 7.31. The van der Waals surface area contributed by atoms with E-state index in [-0.39, 0.29) is 12.4 Å². The van der Waals surface area contributed by atoms with Crippen LogP contribution in [0.1, 0.15) is 37.9 Å². The van der Waals surface area contributed by atoms with Crippen LogP contribution in [0, 0.1) is 6.92 Å². The van der Waals surface area contributed by atoms with Gasteiger partial charge in [0.2, 0.25) is 0 Å². The van der Waals surface area contributed by atoms with Crippen molar-refractivity contribution in [1.82, 2.24) is 14.9 Å². The van der Waals surface area contributed by atoms with Crippen molar-refractivity contribution >= 4 is 17.5 Å². The average Bonchev–Trinajstić information content (AvgIpc) is 2.98. The Hall–Kier alpha value is -3.07. The first-order valence-electron chi connectivity index (χ1n) is 8.55. The Morgan fingerprint density at radius 2 is 1.93 bits per heavy atom. The van der Waals surface area contributed by atoms with Gasteiger partial charge < -0.3 is 15.3 Å². The first-order valence-corrected chi connectivity index (χ1v) is 8.55. The van der Waals surface area contributed by atoms with Crippen LogP contribution in [0.3, 0.4) is 0 Å². The molecule has 1 aromatic carbocycles. The smallest absolute Gasteiger partial charge is 0.410 e. The second kappa shape index (κ2) is 6.92. The van der Waals surface area contributed by atoms with Gasteiger partial charge in [-0.05, 0) is 39.8 Å². The molecule has 0 aliphatic carbocycles. The Kier molecular flexibility index (Phi) is 4.79. The summed E-state index contributed by atoms with van der Waals surface area (Å²) in [6.45, 7) is 7.82. The van der Waals surface area contributed by atoms with E-state index in [1.807, 2.05) is 20.8 Å². The predicted octanol–water partition coefficient (Wildman–Crippen LogP) is 2.29. The maximum atomic E-state index is 12.4. The van der Waals surface area contributed by atoms with Crippen molar-refractivity contribution in [3.8, 4) is 5.88 Å². The van der Waals surface area contributed by atoms with E-state index in [1.54, 1.807) is 36.1 Å². The summed E-state index contributed by atoms with van der Waals surface area (Å²) in [4.78, 5) is 28.4. The monoisotopic (exact) mass is 372 g/mol. The van der Waals surface area contributed by atoms with E-state index in [9.17, 15) is 4.79 Å². The first-order chi connectivity index (χ1) is 12.6. The van der Waals surface area contributed by atoms with Gasteiger partial charge in [0.1, 0.15) is 17.1 Å². The minimum Gasteiger partial charge on any atom is -0.444 e. The van der Waals surface area contributed by atoms with Crippen LogP contribution in [0.5, 0.6) is 5.88 Å². The van der Waals surface area contributed by atoms with Crippen LogP contribution in [0.2, 0.25) is 0 Å². The third-order valence-electron chi connectivity index (χ3n) is 3.87. The number of amides is 1. The SMILES string of the molecule is Cc1nc2c(c(ON(N)c3ccccc3N)n1)CN(C(=O)OC(C)(C)C)C2. The fourth-order valence-electron chi connectivity index (χ4n) is 2.70. The number of carbonyl (C=O) groups is 1. The number of hydrogen-bond acceptors (Lipinski definition) is 8. The molecule has 0 bridgehead atoms. The van der Waals surface area contributed by atoms with Crippen LogP contribution in [0.4, 0.5) is 16.2 Å². The van der Waals surface area contributed by atoms with Crippen LogP contribution in [0.25, 0.3) is 0 Å². The lowest BCUT2D eigenvalue weighted by molar-refractivity contribution is 0.0240. The molecule has 9 nitrogen and oxygen atoms in total. The highest BCUT2D eigenvalue weighted by Crippen LogP contribution is 2.31. The number of carbonyl (C=O) groups excluding carboxylic acids is 1. The molecule has 1 aliphatic rings. The lowest BCUT2D eigenvalue weighted by atomic mass is 10.2. The largest absolute Gasteiger partial charge is 0.444 e. The van der Waals surface area contributed by atoms with Gasteiger partial charge in [0, 0.05) is 0 Å². The molecule has 3 rings (SSSR count). The molecule has 0 saturated carbocycles. The third kappa shape index (κ3) is 4.20. The van der Waals surface area contributed by atoms with E-state index in [4.69, 9.17) is 21.2 Å². The Bertz CT molecular complexity index is 865. The normalized spacial score (nSPS) is 13.3. The number of hydrogen-bond donors (Lipinski definition) is 2. The summed E-state index contributed by atoms with van der Waals surface area (Å²) in [6.07, 6.45) is -0.416. The van der Waals surface area contributed by atoms with E-state index in [1.165, 1.54) is 0 Å². The molecule has 144 valence electrons. The minimum atomic E-state index is -0.578. The number of nitrogens with zero attached hydrogens (tertiary/aromatic N) is 4. The molecule has 0 spiro atoms. The molecule has 27 heavy (non-hydrogen) atoms. The van der Waals surface area contributed by atoms with E-state index in [0.717, 1.165) is 5.17 Å². The molecule has 0 unspecified atom stereocenters. The molecule has 2 aromatic rings. The van der Waals surface area contributed by atoms with Crippen LogP contribution in [0.15, 0.2) is 24.3 Å². The van der Waals surface area contributed by atoms with Gasteiger partial charge in [-0.15, -0.1) is 5.17 Å². The summed E-state index contributed by atoms with van der Waals surface area (Å²) in [5, 5.41) is 1.06. The van der Waals surface area contributed by atoms with Crippen molar-refractivity contribution in [1.29, 1.82) is 0 Å². The Balaban J connectivity index is 1.82. The van der Waals surface area contributed by atoms with Gasteiger partial charge in [-0.2, -0.15) is 4.98 Å². The summed E-state index contributed by atoms with van der Waals surface area (Å²) in [6, 6.07) is 7.06. The predicted molar refractivity (Wildman–Crippen MR) is 100 cm³/mol. The summed E-state index contributed by atoms with van der Waals surface area (Å²) in [5.74, 6) is 6.82. The van der Waals surface area contributed by atoms with Crippen LogP contribution >= 0.6 is 0 Å². The van der Waals surface area contributed by atoms with Crippen LogP contribution in [-0.2, 0) is 17.8 Å². The Morgan fingerprint density at radius 1 is 1.22 bits per heavy atom. The Labute approximate surface area is 157 Å². The number of anilines is 2. The molecule has 0 saturated heterocycles. The molecule has 2 heterocycles. The molecule has 9 heteroatoms. The molecule has 1 aliphatic heterocycles. The van der Waals surface area contributed by atoms with Crippen molar-refractivity contribution in [2.24, 2.45) is 5.84 Å². The van der Waals surface area contributed by atoms with Crippen molar-refractivity contribution in [2.75, 3.05) is 10.9 Å². The number of fused-ring (bicyclic) bond motifs is 1. The van der Waals surface area contributed by atoms with Crippen molar-refractivity contribution in [3.05, 3.63) is 41.3 Å². The molecular formula is C18H24N6O3. The van der Waals surface area contributed by atoms with Gasteiger partial charge in [0.15, 0.2) is 0 Å². The quantitative estimate of drug-likeness (QED) is 0.478. The number of nitrogens with two attached hydrogens (primary N) is 2. The number of benzene rings is 1. The minimum absolute atomic E-state index is 0.276. The number of aryl methyl sites for hydroxylation is 1. The van der Waals surface area contributed by atoms with Gasteiger partial charge >= 0.3 is 6.09 Å². The highest BCUT2D eigenvalue weighted by Gasteiger charge is 2.32. The van der Waals surface area contributed by atoms with Gasteiger partial charge in [-0.1, -0.05) is 12.1 Å². The average molecular weight is 372 g/mol. The number of nitrogen functional groups attached to an aromatic ring is 1. The van der Waals surface area contributed by atoms with Crippen LogP contribution < -0.4 is 21.6 Å².